The van der Waals surface area contributed by atoms with Gasteiger partial charge in [-0.05, 0) is 43.0 Å². The zero-order valence-electron chi connectivity index (χ0n) is 20.7. The maximum atomic E-state index is 13.0. The topological polar surface area (TPSA) is 73.0 Å². The van der Waals surface area contributed by atoms with Crippen LogP contribution in [0.1, 0.15) is 40.5 Å². The van der Waals surface area contributed by atoms with Crippen molar-refractivity contribution in [2.24, 2.45) is 0 Å². The highest BCUT2D eigenvalue weighted by Crippen LogP contribution is 2.30. The van der Waals surface area contributed by atoms with E-state index in [1.54, 1.807) is 12.1 Å². The van der Waals surface area contributed by atoms with Gasteiger partial charge in [0.2, 0.25) is 5.91 Å². The van der Waals surface area contributed by atoms with Gasteiger partial charge in [-0.25, -0.2) is 0 Å². The first-order valence-corrected chi connectivity index (χ1v) is 12.7. The van der Waals surface area contributed by atoms with Gasteiger partial charge in [0, 0.05) is 73.9 Å². The molecule has 1 unspecified atom stereocenters. The Morgan fingerprint density at radius 3 is 2.14 bits per heavy atom. The summed E-state index contributed by atoms with van der Waals surface area (Å²) >= 11 is 0. The number of carbonyl (C=O) groups is 3. The Kier molecular flexibility index (Phi) is 7.00. The molecule has 0 spiro atoms. The van der Waals surface area contributed by atoms with Crippen molar-refractivity contribution in [2.45, 2.75) is 25.8 Å². The van der Waals surface area contributed by atoms with Crippen LogP contribution in [0, 0.1) is 0 Å². The largest absolute Gasteiger partial charge is 0.369 e. The van der Waals surface area contributed by atoms with Gasteiger partial charge >= 0.3 is 0 Å². The van der Waals surface area contributed by atoms with Crippen molar-refractivity contribution in [1.29, 1.82) is 0 Å². The van der Waals surface area contributed by atoms with Crippen molar-refractivity contribution in [3.63, 3.8) is 0 Å². The number of anilines is 1. The number of para-hydroxylation sites is 1. The highest BCUT2D eigenvalue weighted by molar-refractivity contribution is 6.25. The molecule has 5 rings (SSSR count). The van der Waals surface area contributed by atoms with Crippen LogP contribution < -0.4 is 10.2 Å². The van der Waals surface area contributed by atoms with E-state index in [0.29, 0.717) is 24.1 Å². The van der Waals surface area contributed by atoms with Crippen LogP contribution in [-0.2, 0) is 4.79 Å². The van der Waals surface area contributed by atoms with E-state index < -0.39 is 0 Å². The molecule has 3 amide bonds. The summed E-state index contributed by atoms with van der Waals surface area (Å²) in [6.07, 6.45) is 0.711. The number of rotatable bonds is 8. The summed E-state index contributed by atoms with van der Waals surface area (Å²) in [4.78, 5) is 44.6. The second-order valence-electron chi connectivity index (χ2n) is 9.59. The van der Waals surface area contributed by atoms with Crippen LogP contribution in [0.4, 0.5) is 5.69 Å². The lowest BCUT2D eigenvalue weighted by Crippen LogP contribution is -2.52. The highest BCUT2D eigenvalue weighted by atomic mass is 16.2. The summed E-state index contributed by atoms with van der Waals surface area (Å²) in [6.45, 7) is 6.81. The van der Waals surface area contributed by atoms with E-state index in [-0.39, 0.29) is 36.7 Å². The second-order valence-corrected chi connectivity index (χ2v) is 9.59. The van der Waals surface area contributed by atoms with Crippen LogP contribution >= 0.6 is 0 Å². The Hall–Kier alpha value is -3.71. The predicted molar refractivity (Wildman–Crippen MR) is 141 cm³/mol. The quantitative estimate of drug-likeness (QED) is 0.495. The minimum atomic E-state index is -0.284. The van der Waals surface area contributed by atoms with Crippen molar-refractivity contribution >= 4 is 34.2 Å². The minimum Gasteiger partial charge on any atom is -0.369 e. The van der Waals surface area contributed by atoms with Crippen LogP contribution in [0.2, 0.25) is 0 Å². The molecule has 2 heterocycles. The number of hydrogen-bond acceptors (Lipinski definition) is 5. The van der Waals surface area contributed by atoms with Crippen molar-refractivity contribution in [3.8, 4) is 0 Å². The molecule has 36 heavy (non-hydrogen) atoms. The van der Waals surface area contributed by atoms with Crippen LogP contribution in [0.15, 0.2) is 66.7 Å². The zero-order chi connectivity index (χ0) is 25.1. The van der Waals surface area contributed by atoms with Crippen molar-refractivity contribution in [2.75, 3.05) is 44.2 Å². The Balaban J connectivity index is 1.07. The smallest absolute Gasteiger partial charge is 0.261 e. The van der Waals surface area contributed by atoms with E-state index in [0.717, 1.165) is 37.0 Å². The van der Waals surface area contributed by atoms with Crippen molar-refractivity contribution < 1.29 is 14.4 Å². The summed E-state index contributed by atoms with van der Waals surface area (Å²) < 4.78 is 0. The van der Waals surface area contributed by atoms with Gasteiger partial charge in [-0.3, -0.25) is 24.2 Å². The number of nitrogens with one attached hydrogen (secondary N) is 1. The molecule has 0 radical (unpaired) electrons. The monoisotopic (exact) mass is 484 g/mol. The fraction of sp³-hybridized carbons (Fsp3) is 0.345. The molecule has 3 aromatic carbocycles. The van der Waals surface area contributed by atoms with Gasteiger partial charge < -0.3 is 10.2 Å². The van der Waals surface area contributed by atoms with E-state index in [4.69, 9.17) is 0 Å². The first-order valence-electron chi connectivity index (χ1n) is 12.7. The molecule has 7 nitrogen and oxygen atoms in total. The van der Waals surface area contributed by atoms with Crippen molar-refractivity contribution in [1.82, 2.24) is 15.1 Å². The predicted octanol–water partition coefficient (Wildman–Crippen LogP) is 3.54. The summed E-state index contributed by atoms with van der Waals surface area (Å²) in [6, 6.07) is 21.7. The molecule has 0 saturated carbocycles. The average molecular weight is 485 g/mol. The summed E-state index contributed by atoms with van der Waals surface area (Å²) in [5.74, 6) is -0.620. The van der Waals surface area contributed by atoms with E-state index in [9.17, 15) is 14.4 Å². The normalized spacial score (nSPS) is 16.9. The van der Waals surface area contributed by atoms with E-state index >= 15 is 0 Å². The molecule has 0 bridgehead atoms. The van der Waals surface area contributed by atoms with Gasteiger partial charge in [0.15, 0.2) is 0 Å². The summed E-state index contributed by atoms with van der Waals surface area (Å²) in [7, 11) is 0. The van der Waals surface area contributed by atoms with Crippen molar-refractivity contribution in [3.05, 3.63) is 77.9 Å². The molecule has 2 aliphatic heterocycles. The van der Waals surface area contributed by atoms with Crippen LogP contribution in [0.25, 0.3) is 10.8 Å². The Morgan fingerprint density at radius 2 is 1.50 bits per heavy atom. The average Bonchev–Trinajstić information content (AvgIpc) is 2.92. The molecule has 0 aliphatic carbocycles. The second kappa shape index (κ2) is 10.5. The number of benzene rings is 3. The Bertz CT molecular complexity index is 1220. The zero-order valence-corrected chi connectivity index (χ0v) is 20.7. The lowest BCUT2D eigenvalue weighted by Gasteiger charge is -2.39. The van der Waals surface area contributed by atoms with E-state index in [1.807, 2.05) is 30.3 Å². The summed E-state index contributed by atoms with van der Waals surface area (Å²) in [5, 5.41) is 4.65. The van der Waals surface area contributed by atoms with E-state index in [1.165, 1.54) is 10.6 Å². The lowest BCUT2D eigenvalue weighted by molar-refractivity contribution is -0.121. The van der Waals surface area contributed by atoms with Gasteiger partial charge in [-0.1, -0.05) is 42.5 Å². The van der Waals surface area contributed by atoms with Gasteiger partial charge in [-0.2, -0.15) is 0 Å². The number of hydrogen-bond donors (Lipinski definition) is 1. The van der Waals surface area contributed by atoms with Crippen LogP contribution in [0.3, 0.4) is 0 Å². The van der Waals surface area contributed by atoms with Gasteiger partial charge in [0.05, 0.1) is 0 Å². The first kappa shape index (κ1) is 24.0. The third-order valence-corrected chi connectivity index (χ3v) is 7.29. The molecule has 1 saturated heterocycles. The minimum absolute atomic E-state index is 0.0517. The third kappa shape index (κ3) is 4.84. The molecular formula is C29H32N4O3. The molecule has 1 fully saturated rings. The molecule has 1 atom stereocenters. The number of piperazine rings is 1. The molecule has 7 heteroatoms. The van der Waals surface area contributed by atoms with Crippen LogP contribution in [-0.4, -0.2) is 72.8 Å². The van der Waals surface area contributed by atoms with Gasteiger partial charge in [-0.15, -0.1) is 0 Å². The van der Waals surface area contributed by atoms with Gasteiger partial charge in [0.25, 0.3) is 11.8 Å². The first-order chi connectivity index (χ1) is 17.5. The van der Waals surface area contributed by atoms with E-state index in [2.05, 4.69) is 46.3 Å². The molecule has 3 aromatic rings. The fourth-order valence-electron chi connectivity index (χ4n) is 5.22. The Labute approximate surface area is 211 Å². The number of carbonyl (C=O) groups excluding carboxylic acids is 3. The maximum absolute atomic E-state index is 13.0. The summed E-state index contributed by atoms with van der Waals surface area (Å²) in [5.41, 5.74) is 2.35. The molecule has 2 aliphatic rings. The van der Waals surface area contributed by atoms with Crippen LogP contribution in [0.5, 0.6) is 0 Å². The van der Waals surface area contributed by atoms with Gasteiger partial charge in [0.1, 0.15) is 0 Å². The molecular weight excluding hydrogens is 452 g/mol. The number of nitrogens with zero attached hydrogens (tertiary/aromatic N) is 3. The standard InChI is InChI=1S/C29H32N4O3/c1-21(31-16-18-32(19-17-31)23-10-3-2-4-11-23)20-30-26(34)14-7-15-33-28(35)24-12-5-8-22-9-6-13-25(27(22)24)29(33)36/h2-6,8-13,21H,7,14-20H2,1H3,(H,30,34). The molecule has 0 aromatic heterocycles. The number of imide groups is 1. The molecule has 1 N–H and O–H groups in total. The SMILES string of the molecule is CC(CNC(=O)CCCN1C(=O)c2cccc3cccc(c23)C1=O)N1CCN(c2ccccc2)CC1. The maximum Gasteiger partial charge on any atom is 0.261 e. The highest BCUT2D eigenvalue weighted by Gasteiger charge is 2.32. The molecule has 186 valence electrons. The Morgan fingerprint density at radius 1 is 0.861 bits per heavy atom. The number of amides is 3. The third-order valence-electron chi connectivity index (χ3n) is 7.29. The fourth-order valence-corrected chi connectivity index (χ4v) is 5.22. The lowest BCUT2D eigenvalue weighted by atomic mass is 9.94.